The van der Waals surface area contributed by atoms with Gasteiger partial charge >= 0.3 is 5.97 Å². The molecule has 0 amide bonds. The fourth-order valence-electron chi connectivity index (χ4n) is 3.12. The summed E-state index contributed by atoms with van der Waals surface area (Å²) in [7, 11) is 1.39. The molecule has 116 valence electrons. The molecular weight excluding hydrogens is 264 g/mol. The van der Waals surface area contributed by atoms with E-state index in [0.717, 1.165) is 30.1 Å². The summed E-state index contributed by atoms with van der Waals surface area (Å²) in [6, 6.07) is 0. The standard InChI is InChI=1S/C17H26N2O2/c1-17(2,3)14-7-5-13(6-8-14)16-18-10-12(11-19-16)9-15(20)21-4/h10-11,13-14H,5-9H2,1-4H3. The Kier molecular flexibility index (Phi) is 4.96. The fourth-order valence-corrected chi connectivity index (χ4v) is 3.12. The van der Waals surface area contributed by atoms with Gasteiger partial charge in [0.2, 0.25) is 0 Å². The lowest BCUT2D eigenvalue weighted by atomic mass is 9.70. The average molecular weight is 290 g/mol. The topological polar surface area (TPSA) is 52.1 Å². The first-order valence-corrected chi connectivity index (χ1v) is 7.77. The number of hydrogen-bond acceptors (Lipinski definition) is 4. The molecule has 0 spiro atoms. The Balaban J connectivity index is 1.93. The van der Waals surface area contributed by atoms with Gasteiger partial charge in [-0.1, -0.05) is 20.8 Å². The van der Waals surface area contributed by atoms with Crippen LogP contribution in [0.2, 0.25) is 0 Å². The van der Waals surface area contributed by atoms with E-state index in [4.69, 9.17) is 0 Å². The lowest BCUT2D eigenvalue weighted by molar-refractivity contribution is -0.139. The van der Waals surface area contributed by atoms with Crippen molar-refractivity contribution in [2.24, 2.45) is 11.3 Å². The van der Waals surface area contributed by atoms with Gasteiger partial charge in [0.15, 0.2) is 0 Å². The maximum Gasteiger partial charge on any atom is 0.310 e. The number of methoxy groups -OCH3 is 1. The van der Waals surface area contributed by atoms with Gasteiger partial charge in [-0.3, -0.25) is 4.79 Å². The van der Waals surface area contributed by atoms with Crippen molar-refractivity contribution in [1.29, 1.82) is 0 Å². The maximum absolute atomic E-state index is 11.2. The summed E-state index contributed by atoms with van der Waals surface area (Å²) in [6.45, 7) is 6.99. The third-order valence-electron chi connectivity index (χ3n) is 4.62. The highest BCUT2D eigenvalue weighted by molar-refractivity contribution is 5.72. The van der Waals surface area contributed by atoms with Crippen LogP contribution >= 0.6 is 0 Å². The van der Waals surface area contributed by atoms with Gasteiger partial charge < -0.3 is 4.74 Å². The van der Waals surface area contributed by atoms with Crippen LogP contribution in [0.1, 0.15) is 63.8 Å². The highest BCUT2D eigenvalue weighted by Gasteiger charge is 2.31. The number of esters is 1. The molecule has 0 radical (unpaired) electrons. The predicted octanol–water partition coefficient (Wildman–Crippen LogP) is 3.51. The van der Waals surface area contributed by atoms with Gasteiger partial charge in [-0.25, -0.2) is 9.97 Å². The van der Waals surface area contributed by atoms with Crippen LogP contribution in [0, 0.1) is 11.3 Å². The number of rotatable bonds is 3. The lowest BCUT2D eigenvalue weighted by Gasteiger charge is -2.36. The van der Waals surface area contributed by atoms with Crippen molar-refractivity contribution < 1.29 is 9.53 Å². The first-order valence-electron chi connectivity index (χ1n) is 7.77. The highest BCUT2D eigenvalue weighted by atomic mass is 16.5. The molecule has 1 heterocycles. The average Bonchev–Trinajstić information content (AvgIpc) is 2.47. The molecule has 1 aliphatic carbocycles. The van der Waals surface area contributed by atoms with Crippen molar-refractivity contribution in [3.63, 3.8) is 0 Å². The molecular formula is C17H26N2O2. The Hall–Kier alpha value is -1.45. The molecule has 0 aliphatic heterocycles. The van der Waals surface area contributed by atoms with E-state index in [1.54, 1.807) is 12.4 Å². The molecule has 0 saturated heterocycles. The van der Waals surface area contributed by atoms with Crippen LogP contribution in [0.15, 0.2) is 12.4 Å². The third kappa shape index (κ3) is 4.26. The van der Waals surface area contributed by atoms with Gasteiger partial charge in [-0.05, 0) is 42.6 Å². The van der Waals surface area contributed by atoms with E-state index in [2.05, 4.69) is 35.5 Å². The molecule has 0 atom stereocenters. The molecule has 4 nitrogen and oxygen atoms in total. The van der Waals surface area contributed by atoms with Gasteiger partial charge in [0.25, 0.3) is 0 Å². The molecule has 1 aromatic heterocycles. The second-order valence-corrected chi connectivity index (χ2v) is 7.12. The zero-order valence-electron chi connectivity index (χ0n) is 13.6. The third-order valence-corrected chi connectivity index (χ3v) is 4.62. The second-order valence-electron chi connectivity index (χ2n) is 7.12. The minimum absolute atomic E-state index is 0.244. The summed E-state index contributed by atoms with van der Waals surface area (Å²) in [5, 5.41) is 0. The van der Waals surface area contributed by atoms with Gasteiger partial charge in [0.1, 0.15) is 5.82 Å². The normalized spacial score (nSPS) is 22.9. The van der Waals surface area contributed by atoms with E-state index >= 15 is 0 Å². The molecule has 2 rings (SSSR count). The summed E-state index contributed by atoms with van der Waals surface area (Å²) in [6.07, 6.45) is 8.59. The minimum Gasteiger partial charge on any atom is -0.469 e. The van der Waals surface area contributed by atoms with Crippen LogP contribution < -0.4 is 0 Å². The van der Waals surface area contributed by atoms with Crippen molar-refractivity contribution >= 4 is 5.97 Å². The van der Waals surface area contributed by atoms with Crippen LogP contribution in [0.4, 0.5) is 0 Å². The van der Waals surface area contributed by atoms with Crippen molar-refractivity contribution in [2.45, 2.75) is 58.8 Å². The number of carbonyl (C=O) groups is 1. The van der Waals surface area contributed by atoms with E-state index in [9.17, 15) is 4.79 Å². The van der Waals surface area contributed by atoms with E-state index in [1.165, 1.54) is 20.0 Å². The Morgan fingerprint density at radius 2 is 1.76 bits per heavy atom. The lowest BCUT2D eigenvalue weighted by Crippen LogP contribution is -2.25. The molecule has 0 N–H and O–H groups in total. The van der Waals surface area contributed by atoms with Crippen LogP contribution in [0.3, 0.4) is 0 Å². The number of hydrogen-bond donors (Lipinski definition) is 0. The van der Waals surface area contributed by atoms with E-state index < -0.39 is 0 Å². The largest absolute Gasteiger partial charge is 0.469 e. The monoisotopic (exact) mass is 290 g/mol. The second kappa shape index (κ2) is 6.54. The predicted molar refractivity (Wildman–Crippen MR) is 81.9 cm³/mol. The van der Waals surface area contributed by atoms with E-state index in [-0.39, 0.29) is 12.4 Å². The molecule has 0 aromatic carbocycles. The van der Waals surface area contributed by atoms with Gasteiger partial charge in [0, 0.05) is 18.3 Å². The molecule has 1 saturated carbocycles. The Bertz CT molecular complexity index is 469. The van der Waals surface area contributed by atoms with Crippen molar-refractivity contribution in [2.75, 3.05) is 7.11 Å². The smallest absolute Gasteiger partial charge is 0.310 e. The summed E-state index contributed by atoms with van der Waals surface area (Å²) in [5.41, 5.74) is 1.21. The number of ether oxygens (including phenoxy) is 1. The number of nitrogens with zero attached hydrogens (tertiary/aromatic N) is 2. The maximum atomic E-state index is 11.2. The van der Waals surface area contributed by atoms with Gasteiger partial charge in [-0.15, -0.1) is 0 Å². The first kappa shape index (κ1) is 15.9. The molecule has 1 aliphatic rings. The molecule has 4 heteroatoms. The van der Waals surface area contributed by atoms with Crippen LogP contribution in [-0.4, -0.2) is 23.0 Å². The quantitative estimate of drug-likeness (QED) is 0.799. The number of aromatic nitrogens is 2. The number of carbonyl (C=O) groups excluding carboxylic acids is 1. The zero-order valence-corrected chi connectivity index (χ0v) is 13.6. The first-order chi connectivity index (χ1) is 9.90. The van der Waals surface area contributed by atoms with E-state index in [1.807, 2.05) is 0 Å². The van der Waals surface area contributed by atoms with Crippen LogP contribution in [0.25, 0.3) is 0 Å². The SMILES string of the molecule is COC(=O)Cc1cnc(C2CCC(C(C)(C)C)CC2)nc1. The van der Waals surface area contributed by atoms with Crippen molar-refractivity contribution in [1.82, 2.24) is 9.97 Å². The van der Waals surface area contributed by atoms with Crippen molar-refractivity contribution in [3.8, 4) is 0 Å². The van der Waals surface area contributed by atoms with E-state index in [0.29, 0.717) is 11.3 Å². The Morgan fingerprint density at radius 1 is 1.19 bits per heavy atom. The van der Waals surface area contributed by atoms with Crippen LogP contribution in [0.5, 0.6) is 0 Å². The van der Waals surface area contributed by atoms with Gasteiger partial charge in [0.05, 0.1) is 13.5 Å². The molecule has 0 bridgehead atoms. The fraction of sp³-hybridized carbons (Fsp3) is 0.706. The summed E-state index contributed by atoms with van der Waals surface area (Å²) >= 11 is 0. The molecule has 0 unspecified atom stereocenters. The Morgan fingerprint density at radius 3 is 2.24 bits per heavy atom. The molecule has 1 aromatic rings. The molecule has 21 heavy (non-hydrogen) atoms. The van der Waals surface area contributed by atoms with Crippen LogP contribution in [-0.2, 0) is 16.0 Å². The summed E-state index contributed by atoms with van der Waals surface area (Å²) in [5.74, 6) is 1.94. The molecule has 1 fully saturated rings. The summed E-state index contributed by atoms with van der Waals surface area (Å²) < 4.78 is 4.65. The highest BCUT2D eigenvalue weighted by Crippen LogP contribution is 2.42. The zero-order chi connectivity index (χ0) is 15.5. The summed E-state index contributed by atoms with van der Waals surface area (Å²) in [4.78, 5) is 20.1. The van der Waals surface area contributed by atoms with Crippen molar-refractivity contribution in [3.05, 3.63) is 23.8 Å². The minimum atomic E-state index is -0.253. The van der Waals surface area contributed by atoms with Gasteiger partial charge in [-0.2, -0.15) is 0 Å². The Labute approximate surface area is 127 Å².